The molecule has 0 saturated carbocycles. The van der Waals surface area contributed by atoms with E-state index in [2.05, 4.69) is 20.7 Å². The summed E-state index contributed by atoms with van der Waals surface area (Å²) in [5.41, 5.74) is 2.58. The molecule has 3 aromatic carbocycles. The highest BCUT2D eigenvalue weighted by atomic mass is 16.5. The maximum atomic E-state index is 13.2. The van der Waals surface area contributed by atoms with Crippen LogP contribution in [-0.4, -0.2) is 43.4 Å². The lowest BCUT2D eigenvalue weighted by molar-refractivity contribution is 0.318. The molecule has 3 heterocycles. The van der Waals surface area contributed by atoms with E-state index in [1.54, 1.807) is 21.5 Å². The first kappa shape index (κ1) is 21.4. The molecule has 35 heavy (non-hydrogen) atoms. The molecule has 0 N–H and O–H groups in total. The predicted molar refractivity (Wildman–Crippen MR) is 137 cm³/mol. The summed E-state index contributed by atoms with van der Waals surface area (Å²) in [6.07, 6.45) is 8.07. The molecule has 5 aromatic rings. The van der Waals surface area contributed by atoms with E-state index in [0.29, 0.717) is 0 Å². The zero-order valence-electron chi connectivity index (χ0n) is 19.5. The largest absolute Gasteiger partial charge is 0.457 e. The molecule has 0 unspecified atom stereocenters. The van der Waals surface area contributed by atoms with E-state index < -0.39 is 0 Å². The molecule has 0 radical (unpaired) electrons. The lowest BCUT2D eigenvalue weighted by Crippen LogP contribution is -2.24. The molecule has 1 aliphatic rings. The molecular weight excluding hydrogens is 438 g/mol. The van der Waals surface area contributed by atoms with Crippen molar-refractivity contribution in [1.82, 2.24) is 23.8 Å². The Kier molecular flexibility index (Phi) is 5.68. The molecule has 6 rings (SSSR count). The van der Waals surface area contributed by atoms with Crippen molar-refractivity contribution in [3.8, 4) is 22.9 Å². The average Bonchev–Trinajstić information content (AvgIpc) is 3.64. The van der Waals surface area contributed by atoms with E-state index in [-0.39, 0.29) is 5.69 Å². The SMILES string of the molecule is O=c1n(-c2ccc(Oc3ccccc3)cc2)ccn1-c1ccc2c(cnn2CCN2CCCC2)c1. The first-order chi connectivity index (χ1) is 17.2. The Morgan fingerprint density at radius 1 is 0.771 bits per heavy atom. The summed E-state index contributed by atoms with van der Waals surface area (Å²) in [6.45, 7) is 4.28. The minimum absolute atomic E-state index is 0.123. The first-order valence-corrected chi connectivity index (χ1v) is 12.1. The summed E-state index contributed by atoms with van der Waals surface area (Å²) in [6, 6.07) is 23.2. The number of imidazole rings is 1. The molecule has 1 saturated heterocycles. The number of benzene rings is 3. The summed E-state index contributed by atoms with van der Waals surface area (Å²) in [5.74, 6) is 1.50. The molecule has 1 aliphatic heterocycles. The van der Waals surface area contributed by atoms with Crippen LogP contribution in [0.3, 0.4) is 0 Å². The number of hydrogen-bond donors (Lipinski definition) is 0. The number of hydrogen-bond acceptors (Lipinski definition) is 4. The van der Waals surface area contributed by atoms with Crippen LogP contribution in [0.25, 0.3) is 22.3 Å². The van der Waals surface area contributed by atoms with Gasteiger partial charge in [-0.2, -0.15) is 5.10 Å². The smallest absolute Gasteiger partial charge is 0.337 e. The Morgan fingerprint density at radius 3 is 2.23 bits per heavy atom. The monoisotopic (exact) mass is 465 g/mol. The molecule has 0 amide bonds. The number of nitrogens with zero attached hydrogens (tertiary/aromatic N) is 5. The second kappa shape index (κ2) is 9.27. The van der Waals surface area contributed by atoms with Crippen molar-refractivity contribution < 1.29 is 4.74 Å². The predicted octanol–water partition coefficient (Wildman–Crippen LogP) is 4.87. The lowest BCUT2D eigenvalue weighted by atomic mass is 10.2. The number of likely N-dealkylation sites (tertiary alicyclic amines) is 1. The topological polar surface area (TPSA) is 57.2 Å². The number of aromatic nitrogens is 4. The van der Waals surface area contributed by atoms with E-state index in [4.69, 9.17) is 4.74 Å². The third-order valence-electron chi connectivity index (χ3n) is 6.60. The van der Waals surface area contributed by atoms with Crippen LogP contribution < -0.4 is 10.4 Å². The molecule has 7 nitrogen and oxygen atoms in total. The van der Waals surface area contributed by atoms with Crippen molar-refractivity contribution in [3.63, 3.8) is 0 Å². The molecule has 176 valence electrons. The highest BCUT2D eigenvalue weighted by Gasteiger charge is 2.13. The zero-order chi connectivity index (χ0) is 23.6. The summed E-state index contributed by atoms with van der Waals surface area (Å²) < 4.78 is 11.2. The Labute approximate surface area is 203 Å². The zero-order valence-corrected chi connectivity index (χ0v) is 19.5. The molecule has 7 heteroatoms. The molecular formula is C28H27N5O2. The van der Waals surface area contributed by atoms with Gasteiger partial charge < -0.3 is 9.64 Å². The van der Waals surface area contributed by atoms with Crippen molar-refractivity contribution in [2.75, 3.05) is 19.6 Å². The lowest BCUT2D eigenvalue weighted by Gasteiger charge is -2.14. The molecule has 2 aromatic heterocycles. The standard InChI is InChI=1S/C28H27N5O2/c34-28-31(23-8-11-26(12-9-23)35-25-6-2-1-3-7-25)17-18-32(28)24-10-13-27-22(20-24)21-29-33(27)19-16-30-14-4-5-15-30/h1-3,6-13,17-18,20-21H,4-5,14-16,19H2. The van der Waals surface area contributed by atoms with Gasteiger partial charge in [-0.15, -0.1) is 0 Å². The van der Waals surface area contributed by atoms with E-state index in [1.165, 1.54) is 25.9 Å². The maximum absolute atomic E-state index is 13.2. The van der Waals surface area contributed by atoms with Crippen LogP contribution in [0.2, 0.25) is 0 Å². The minimum Gasteiger partial charge on any atom is -0.457 e. The molecule has 0 spiro atoms. The summed E-state index contributed by atoms with van der Waals surface area (Å²) in [5, 5.41) is 5.62. The van der Waals surface area contributed by atoms with Crippen molar-refractivity contribution in [2.24, 2.45) is 0 Å². The van der Waals surface area contributed by atoms with Gasteiger partial charge in [0.15, 0.2) is 0 Å². The van der Waals surface area contributed by atoms with E-state index >= 15 is 0 Å². The van der Waals surface area contributed by atoms with Gasteiger partial charge in [0.05, 0.1) is 29.6 Å². The third-order valence-corrected chi connectivity index (χ3v) is 6.60. The van der Waals surface area contributed by atoms with Crippen molar-refractivity contribution in [3.05, 3.63) is 102 Å². The summed E-state index contributed by atoms with van der Waals surface area (Å²) in [4.78, 5) is 15.7. The highest BCUT2D eigenvalue weighted by molar-refractivity contribution is 5.80. The Bertz CT molecular complexity index is 1490. The van der Waals surface area contributed by atoms with E-state index in [0.717, 1.165) is 46.9 Å². The van der Waals surface area contributed by atoms with Crippen molar-refractivity contribution >= 4 is 10.9 Å². The van der Waals surface area contributed by atoms with Crippen LogP contribution in [-0.2, 0) is 6.54 Å². The van der Waals surface area contributed by atoms with Crippen LogP contribution in [0.5, 0.6) is 11.5 Å². The van der Waals surface area contributed by atoms with Crippen LogP contribution in [0, 0.1) is 0 Å². The van der Waals surface area contributed by atoms with Crippen molar-refractivity contribution in [2.45, 2.75) is 19.4 Å². The number of ether oxygens (including phenoxy) is 1. The Balaban J connectivity index is 1.21. The van der Waals surface area contributed by atoms with E-state index in [9.17, 15) is 4.79 Å². The highest BCUT2D eigenvalue weighted by Crippen LogP contribution is 2.23. The number of para-hydroxylation sites is 1. The van der Waals surface area contributed by atoms with Crippen LogP contribution in [0.15, 0.2) is 96.2 Å². The fourth-order valence-electron chi connectivity index (χ4n) is 4.71. The van der Waals surface area contributed by atoms with E-state index in [1.807, 2.05) is 72.9 Å². The van der Waals surface area contributed by atoms with Crippen LogP contribution in [0.1, 0.15) is 12.8 Å². The summed E-state index contributed by atoms with van der Waals surface area (Å²) >= 11 is 0. The fraction of sp³-hybridized carbons (Fsp3) is 0.214. The van der Waals surface area contributed by atoms with Gasteiger partial charge in [-0.25, -0.2) is 4.79 Å². The Hall–Kier alpha value is -4.10. The van der Waals surface area contributed by atoms with Gasteiger partial charge in [-0.05, 0) is 80.5 Å². The van der Waals surface area contributed by atoms with Crippen LogP contribution >= 0.6 is 0 Å². The number of fused-ring (bicyclic) bond motifs is 1. The number of rotatable bonds is 7. The van der Waals surface area contributed by atoms with Gasteiger partial charge in [0.1, 0.15) is 11.5 Å². The first-order valence-electron chi connectivity index (χ1n) is 12.1. The second-order valence-corrected chi connectivity index (χ2v) is 8.89. The quantitative estimate of drug-likeness (QED) is 0.344. The summed E-state index contributed by atoms with van der Waals surface area (Å²) in [7, 11) is 0. The third kappa shape index (κ3) is 4.38. The molecule has 0 aliphatic carbocycles. The molecule has 0 atom stereocenters. The van der Waals surface area contributed by atoms with Gasteiger partial charge >= 0.3 is 5.69 Å². The molecule has 1 fully saturated rings. The minimum atomic E-state index is -0.123. The van der Waals surface area contributed by atoms with Gasteiger partial charge in [0.25, 0.3) is 0 Å². The van der Waals surface area contributed by atoms with Crippen molar-refractivity contribution in [1.29, 1.82) is 0 Å². The second-order valence-electron chi connectivity index (χ2n) is 8.89. The maximum Gasteiger partial charge on any atom is 0.337 e. The van der Waals surface area contributed by atoms with Gasteiger partial charge in [-0.1, -0.05) is 18.2 Å². The normalized spacial score (nSPS) is 14.1. The molecule has 0 bridgehead atoms. The van der Waals surface area contributed by atoms with Gasteiger partial charge in [0.2, 0.25) is 0 Å². The van der Waals surface area contributed by atoms with Gasteiger partial charge in [-0.3, -0.25) is 13.8 Å². The Morgan fingerprint density at radius 2 is 1.46 bits per heavy atom. The van der Waals surface area contributed by atoms with Crippen LogP contribution in [0.4, 0.5) is 0 Å². The fourth-order valence-corrected chi connectivity index (χ4v) is 4.71. The van der Waals surface area contributed by atoms with Gasteiger partial charge in [0, 0.05) is 24.3 Å². The average molecular weight is 466 g/mol.